The highest BCUT2D eigenvalue weighted by atomic mass is 16.3. The second-order valence-electron chi connectivity index (χ2n) is 5.47. The SMILES string of the molecule is Cc1coc(-c2nc(N)c(C#N)nc2-c2ccc3ncccc3c2)n1. The fourth-order valence-electron chi connectivity index (χ4n) is 2.57. The van der Waals surface area contributed by atoms with Gasteiger partial charge in [0.15, 0.2) is 17.2 Å². The Balaban J connectivity index is 1.99. The molecule has 3 aromatic heterocycles. The molecule has 0 amide bonds. The number of nitrogens with zero attached hydrogens (tertiary/aromatic N) is 5. The van der Waals surface area contributed by atoms with Gasteiger partial charge in [-0.05, 0) is 25.1 Å². The Hall–Kier alpha value is -3.79. The highest BCUT2D eigenvalue weighted by Crippen LogP contribution is 2.31. The fourth-order valence-corrected chi connectivity index (χ4v) is 2.57. The van der Waals surface area contributed by atoms with E-state index in [1.165, 1.54) is 6.26 Å². The van der Waals surface area contributed by atoms with Crippen molar-refractivity contribution >= 4 is 16.7 Å². The van der Waals surface area contributed by atoms with Gasteiger partial charge < -0.3 is 10.2 Å². The topological polar surface area (TPSA) is 115 Å². The molecule has 1 aromatic carbocycles. The molecule has 0 aliphatic carbocycles. The molecular weight excluding hydrogens is 316 g/mol. The van der Waals surface area contributed by atoms with Crippen molar-refractivity contribution in [3.63, 3.8) is 0 Å². The number of nitrogen functional groups attached to an aromatic ring is 1. The molecule has 0 fully saturated rings. The zero-order chi connectivity index (χ0) is 17.4. The molecule has 0 aliphatic rings. The van der Waals surface area contributed by atoms with E-state index in [1.807, 2.05) is 43.3 Å². The molecule has 4 rings (SSSR count). The lowest BCUT2D eigenvalue weighted by molar-refractivity contribution is 0.571. The fraction of sp³-hybridized carbons (Fsp3) is 0.0556. The van der Waals surface area contributed by atoms with E-state index in [4.69, 9.17) is 10.2 Å². The maximum atomic E-state index is 9.25. The van der Waals surface area contributed by atoms with Gasteiger partial charge >= 0.3 is 0 Å². The van der Waals surface area contributed by atoms with E-state index in [2.05, 4.69) is 19.9 Å². The summed E-state index contributed by atoms with van der Waals surface area (Å²) in [6.45, 7) is 1.81. The van der Waals surface area contributed by atoms with Crippen LogP contribution in [-0.2, 0) is 0 Å². The van der Waals surface area contributed by atoms with Gasteiger partial charge in [0, 0.05) is 17.1 Å². The smallest absolute Gasteiger partial charge is 0.247 e. The lowest BCUT2D eigenvalue weighted by atomic mass is 10.1. The molecule has 3 heterocycles. The number of fused-ring (bicyclic) bond motifs is 1. The van der Waals surface area contributed by atoms with Crippen molar-refractivity contribution < 1.29 is 4.42 Å². The number of oxazole rings is 1. The number of nitrogens with two attached hydrogens (primary N) is 1. The van der Waals surface area contributed by atoms with Crippen LogP contribution in [0, 0.1) is 18.3 Å². The molecule has 0 atom stereocenters. The van der Waals surface area contributed by atoms with Crippen molar-refractivity contribution in [1.29, 1.82) is 5.26 Å². The summed E-state index contributed by atoms with van der Waals surface area (Å²) < 4.78 is 5.46. The molecule has 0 radical (unpaired) electrons. The number of nitriles is 1. The molecule has 2 N–H and O–H groups in total. The molecule has 25 heavy (non-hydrogen) atoms. The Morgan fingerprint density at radius 3 is 2.76 bits per heavy atom. The number of rotatable bonds is 2. The van der Waals surface area contributed by atoms with Gasteiger partial charge in [0.2, 0.25) is 5.89 Å². The first-order valence-corrected chi connectivity index (χ1v) is 7.51. The number of pyridine rings is 1. The molecule has 0 saturated carbocycles. The zero-order valence-electron chi connectivity index (χ0n) is 13.3. The average molecular weight is 328 g/mol. The van der Waals surface area contributed by atoms with Crippen molar-refractivity contribution in [2.75, 3.05) is 5.73 Å². The number of benzene rings is 1. The minimum atomic E-state index is 0.0413. The van der Waals surface area contributed by atoms with Crippen molar-refractivity contribution in [1.82, 2.24) is 19.9 Å². The molecule has 0 unspecified atom stereocenters. The number of hydrogen-bond donors (Lipinski definition) is 1. The van der Waals surface area contributed by atoms with Gasteiger partial charge in [-0.2, -0.15) is 5.26 Å². The molecule has 0 saturated heterocycles. The Morgan fingerprint density at radius 1 is 1.12 bits per heavy atom. The minimum absolute atomic E-state index is 0.0413. The van der Waals surface area contributed by atoms with Crippen LogP contribution < -0.4 is 5.73 Å². The first-order chi connectivity index (χ1) is 12.2. The summed E-state index contributed by atoms with van der Waals surface area (Å²) in [7, 11) is 0. The van der Waals surface area contributed by atoms with Gasteiger partial charge in [0.05, 0.1) is 11.2 Å². The van der Waals surface area contributed by atoms with Crippen LogP contribution in [0.2, 0.25) is 0 Å². The van der Waals surface area contributed by atoms with Gasteiger partial charge in [0.25, 0.3) is 0 Å². The van der Waals surface area contributed by atoms with Crippen LogP contribution in [0.3, 0.4) is 0 Å². The molecular formula is C18H12N6O. The molecule has 0 aliphatic heterocycles. The van der Waals surface area contributed by atoms with Crippen molar-refractivity contribution in [2.45, 2.75) is 6.92 Å². The van der Waals surface area contributed by atoms with E-state index in [-0.39, 0.29) is 11.5 Å². The Morgan fingerprint density at radius 2 is 2.00 bits per heavy atom. The Kier molecular flexibility index (Phi) is 3.36. The van der Waals surface area contributed by atoms with Gasteiger partial charge in [-0.25, -0.2) is 15.0 Å². The van der Waals surface area contributed by atoms with E-state index in [9.17, 15) is 5.26 Å². The predicted octanol–water partition coefficient (Wildman–Crippen LogP) is 3.11. The Bertz CT molecular complexity index is 1140. The van der Waals surface area contributed by atoms with E-state index in [0.29, 0.717) is 23.0 Å². The summed E-state index contributed by atoms with van der Waals surface area (Å²) in [5, 5.41) is 10.2. The number of hydrogen-bond acceptors (Lipinski definition) is 7. The monoisotopic (exact) mass is 328 g/mol. The van der Waals surface area contributed by atoms with Gasteiger partial charge in [-0.3, -0.25) is 4.98 Å². The van der Waals surface area contributed by atoms with E-state index < -0.39 is 0 Å². The number of anilines is 1. The molecule has 0 bridgehead atoms. The van der Waals surface area contributed by atoms with Crippen LogP contribution >= 0.6 is 0 Å². The molecule has 0 spiro atoms. The highest BCUT2D eigenvalue weighted by Gasteiger charge is 2.19. The van der Waals surface area contributed by atoms with Gasteiger partial charge in [-0.15, -0.1) is 0 Å². The van der Waals surface area contributed by atoms with Crippen LogP contribution in [0.5, 0.6) is 0 Å². The van der Waals surface area contributed by atoms with Crippen molar-refractivity contribution in [2.24, 2.45) is 0 Å². The number of aromatic nitrogens is 4. The molecule has 7 heteroatoms. The van der Waals surface area contributed by atoms with Crippen LogP contribution in [-0.4, -0.2) is 19.9 Å². The molecule has 7 nitrogen and oxygen atoms in total. The maximum Gasteiger partial charge on any atom is 0.247 e. The van der Waals surface area contributed by atoms with Crippen LogP contribution in [0.25, 0.3) is 33.7 Å². The standard InChI is InChI=1S/C18H12N6O/c1-10-9-25-18(22-10)16-15(23-14(8-19)17(20)24-16)12-4-5-13-11(7-12)3-2-6-21-13/h2-7,9H,1H3,(H2,20,24). The van der Waals surface area contributed by atoms with E-state index in [0.717, 1.165) is 16.5 Å². The summed E-state index contributed by atoms with van der Waals surface area (Å²) in [5.41, 5.74) is 9.14. The first-order valence-electron chi connectivity index (χ1n) is 7.51. The highest BCUT2D eigenvalue weighted by molar-refractivity contribution is 5.86. The second-order valence-corrected chi connectivity index (χ2v) is 5.47. The van der Waals surface area contributed by atoms with E-state index in [1.54, 1.807) is 6.20 Å². The predicted molar refractivity (Wildman–Crippen MR) is 92.1 cm³/mol. The summed E-state index contributed by atoms with van der Waals surface area (Å²) in [6, 6.07) is 11.5. The van der Waals surface area contributed by atoms with Crippen LogP contribution in [0.4, 0.5) is 5.82 Å². The summed E-state index contributed by atoms with van der Waals surface area (Å²) >= 11 is 0. The van der Waals surface area contributed by atoms with E-state index >= 15 is 0 Å². The van der Waals surface area contributed by atoms with Gasteiger partial charge in [0.1, 0.15) is 18.0 Å². The first kappa shape index (κ1) is 14.8. The van der Waals surface area contributed by atoms with Crippen molar-refractivity contribution in [3.05, 3.63) is 54.2 Å². The summed E-state index contributed by atoms with van der Waals surface area (Å²) in [5.74, 6) is 0.349. The van der Waals surface area contributed by atoms with Crippen molar-refractivity contribution in [3.8, 4) is 28.9 Å². The van der Waals surface area contributed by atoms with Gasteiger partial charge in [-0.1, -0.05) is 12.1 Å². The normalized spacial score (nSPS) is 10.7. The Labute approximate surface area is 142 Å². The zero-order valence-corrected chi connectivity index (χ0v) is 13.3. The maximum absolute atomic E-state index is 9.25. The third-order valence-corrected chi connectivity index (χ3v) is 3.73. The van der Waals surface area contributed by atoms with Crippen LogP contribution in [0.1, 0.15) is 11.4 Å². The lowest BCUT2D eigenvalue weighted by Gasteiger charge is -2.08. The number of aryl methyl sites for hydroxylation is 1. The quantitative estimate of drug-likeness (QED) is 0.601. The third-order valence-electron chi connectivity index (χ3n) is 3.73. The average Bonchev–Trinajstić information content (AvgIpc) is 3.07. The summed E-state index contributed by atoms with van der Waals surface area (Å²) in [4.78, 5) is 17.3. The molecule has 120 valence electrons. The largest absolute Gasteiger partial charge is 0.443 e. The second kappa shape index (κ2) is 5.69. The third kappa shape index (κ3) is 2.56. The minimum Gasteiger partial charge on any atom is -0.443 e. The lowest BCUT2D eigenvalue weighted by Crippen LogP contribution is -2.03. The van der Waals surface area contributed by atoms with Crippen LogP contribution in [0.15, 0.2) is 47.2 Å². The summed E-state index contributed by atoms with van der Waals surface area (Å²) in [6.07, 6.45) is 3.26. The molecule has 4 aromatic rings.